The second-order valence-corrected chi connectivity index (χ2v) is 3.25. The molecule has 0 heterocycles. The fourth-order valence-electron chi connectivity index (χ4n) is 0.896. The summed E-state index contributed by atoms with van der Waals surface area (Å²) in [5.41, 5.74) is 1.12. The van der Waals surface area contributed by atoms with Crippen LogP contribution in [0.3, 0.4) is 0 Å². The molecule has 0 saturated heterocycles. The lowest BCUT2D eigenvalue weighted by atomic mass is 10.2. The highest BCUT2D eigenvalue weighted by Crippen LogP contribution is 1.99. The molecule has 0 radical (unpaired) electrons. The molecule has 1 rings (SSSR count). The molecule has 0 unspecified atom stereocenters. The van der Waals surface area contributed by atoms with E-state index in [0.717, 1.165) is 5.56 Å². The lowest BCUT2D eigenvalue weighted by Gasteiger charge is -1.88. The number of carbonyl (C=O) groups is 2. The SMILES string of the molecule is FB(F)F.O=C(O)/C=C\C(=O)O.OCC=Cc1ccccc1. The number of halogens is 3. The summed E-state index contributed by atoms with van der Waals surface area (Å²) in [6, 6.07) is 9.89. The summed E-state index contributed by atoms with van der Waals surface area (Å²) in [5.74, 6) is -2.51. The zero-order valence-electron chi connectivity index (χ0n) is 11.3. The molecular weight excluding hydrogens is 304 g/mol. The molecule has 0 amide bonds. The van der Waals surface area contributed by atoms with Gasteiger partial charge in [0.25, 0.3) is 0 Å². The first-order valence-electron chi connectivity index (χ1n) is 5.68. The van der Waals surface area contributed by atoms with Crippen LogP contribution in [0, 0.1) is 0 Å². The van der Waals surface area contributed by atoms with Gasteiger partial charge in [0.2, 0.25) is 0 Å². The predicted octanol–water partition coefficient (Wildman–Crippen LogP) is 2.28. The second-order valence-electron chi connectivity index (χ2n) is 3.25. The highest BCUT2D eigenvalue weighted by molar-refractivity contribution is 6.33. The van der Waals surface area contributed by atoms with E-state index in [9.17, 15) is 22.5 Å². The van der Waals surface area contributed by atoms with Crippen LogP contribution in [0.25, 0.3) is 6.08 Å². The minimum Gasteiger partial charge on any atom is -0.478 e. The number of carboxylic acid groups (broad SMARTS) is 2. The highest BCUT2D eigenvalue weighted by Gasteiger charge is 2.06. The van der Waals surface area contributed by atoms with Crippen molar-refractivity contribution >= 4 is 25.6 Å². The van der Waals surface area contributed by atoms with E-state index in [2.05, 4.69) is 0 Å². The molecule has 1 aromatic carbocycles. The first-order valence-corrected chi connectivity index (χ1v) is 5.68. The van der Waals surface area contributed by atoms with Gasteiger partial charge in [0.05, 0.1) is 6.61 Å². The molecule has 0 aromatic heterocycles. The van der Waals surface area contributed by atoms with Gasteiger partial charge >= 0.3 is 19.5 Å². The van der Waals surface area contributed by atoms with E-state index >= 15 is 0 Å². The Hall–Kier alpha value is -2.55. The maximum Gasteiger partial charge on any atom is 0.762 e. The summed E-state index contributed by atoms with van der Waals surface area (Å²) in [7, 11) is -3.67. The Morgan fingerprint density at radius 2 is 1.41 bits per heavy atom. The third-order valence-corrected chi connectivity index (χ3v) is 1.58. The van der Waals surface area contributed by atoms with Crippen LogP contribution in [-0.2, 0) is 9.59 Å². The number of aliphatic hydroxyl groups excluding tert-OH is 1. The van der Waals surface area contributed by atoms with Crippen LogP contribution in [0.4, 0.5) is 12.9 Å². The normalized spacial score (nSPS) is 9.45. The van der Waals surface area contributed by atoms with E-state index < -0.39 is 19.5 Å². The third-order valence-electron chi connectivity index (χ3n) is 1.58. The smallest absolute Gasteiger partial charge is 0.478 e. The van der Waals surface area contributed by atoms with Gasteiger partial charge in [-0.15, -0.1) is 0 Å². The van der Waals surface area contributed by atoms with Crippen LogP contribution in [0.2, 0.25) is 0 Å². The second kappa shape index (κ2) is 14.9. The zero-order valence-corrected chi connectivity index (χ0v) is 11.3. The minimum atomic E-state index is -3.67. The first kappa shape index (κ1) is 21.7. The Bertz CT molecular complexity index is 459. The van der Waals surface area contributed by atoms with E-state index in [0.29, 0.717) is 12.2 Å². The van der Waals surface area contributed by atoms with Crippen LogP contribution in [0.15, 0.2) is 48.6 Å². The van der Waals surface area contributed by atoms with Crippen molar-refractivity contribution in [3.63, 3.8) is 0 Å². The molecule has 0 spiro atoms. The molecule has 0 bridgehead atoms. The molecule has 0 fully saturated rings. The van der Waals surface area contributed by atoms with Crippen LogP contribution in [0.5, 0.6) is 0 Å². The van der Waals surface area contributed by atoms with Gasteiger partial charge < -0.3 is 15.3 Å². The lowest BCUT2D eigenvalue weighted by Crippen LogP contribution is -1.91. The van der Waals surface area contributed by atoms with Gasteiger partial charge in [0.15, 0.2) is 0 Å². The third kappa shape index (κ3) is 22.6. The summed E-state index contributed by atoms with van der Waals surface area (Å²) >= 11 is 0. The number of aliphatic carboxylic acids is 2. The van der Waals surface area contributed by atoms with Crippen molar-refractivity contribution in [1.82, 2.24) is 0 Å². The Balaban J connectivity index is 0. The maximum absolute atomic E-state index is 9.67. The van der Waals surface area contributed by atoms with Crippen molar-refractivity contribution in [1.29, 1.82) is 0 Å². The van der Waals surface area contributed by atoms with Gasteiger partial charge in [-0.3, -0.25) is 12.9 Å². The van der Waals surface area contributed by atoms with Crippen molar-refractivity contribution in [2.45, 2.75) is 0 Å². The minimum absolute atomic E-state index is 0.106. The van der Waals surface area contributed by atoms with Crippen molar-refractivity contribution in [2.75, 3.05) is 6.61 Å². The molecular formula is C13H14BF3O5. The van der Waals surface area contributed by atoms with Crippen LogP contribution in [0.1, 0.15) is 5.56 Å². The Kier molecular flexibility index (Phi) is 14.7. The van der Waals surface area contributed by atoms with E-state index in [1.54, 1.807) is 6.08 Å². The number of hydrogen-bond acceptors (Lipinski definition) is 3. The highest BCUT2D eigenvalue weighted by atomic mass is 19.4. The summed E-state index contributed by atoms with van der Waals surface area (Å²) in [6.07, 6.45) is 4.72. The molecule has 0 aliphatic carbocycles. The molecule has 0 aliphatic rings. The Morgan fingerprint density at radius 3 is 1.73 bits per heavy atom. The Labute approximate surface area is 125 Å². The monoisotopic (exact) mass is 318 g/mol. The summed E-state index contributed by atoms with van der Waals surface area (Å²) in [4.78, 5) is 19.1. The molecule has 1 aromatic rings. The van der Waals surface area contributed by atoms with Gasteiger partial charge in [-0.2, -0.15) is 0 Å². The molecule has 22 heavy (non-hydrogen) atoms. The Morgan fingerprint density at radius 1 is 1.00 bits per heavy atom. The predicted molar refractivity (Wildman–Crippen MR) is 76.1 cm³/mol. The van der Waals surface area contributed by atoms with E-state index in [1.807, 2.05) is 36.4 Å². The topological polar surface area (TPSA) is 94.8 Å². The lowest BCUT2D eigenvalue weighted by molar-refractivity contribution is -0.134. The van der Waals surface area contributed by atoms with E-state index in [4.69, 9.17) is 15.3 Å². The summed E-state index contributed by atoms with van der Waals surface area (Å²) in [6.45, 7) is 0.106. The van der Waals surface area contributed by atoms with Gasteiger partial charge in [-0.05, 0) is 5.56 Å². The quantitative estimate of drug-likeness (QED) is 0.585. The van der Waals surface area contributed by atoms with Crippen LogP contribution < -0.4 is 0 Å². The number of carboxylic acids is 2. The van der Waals surface area contributed by atoms with Crippen LogP contribution >= 0.6 is 0 Å². The van der Waals surface area contributed by atoms with Gasteiger partial charge in [-0.1, -0.05) is 42.5 Å². The maximum atomic E-state index is 9.67. The number of aliphatic hydroxyl groups is 1. The largest absolute Gasteiger partial charge is 0.762 e. The fourth-order valence-corrected chi connectivity index (χ4v) is 0.896. The van der Waals surface area contributed by atoms with Crippen molar-refractivity contribution in [2.24, 2.45) is 0 Å². The number of hydrogen-bond donors (Lipinski definition) is 3. The van der Waals surface area contributed by atoms with Gasteiger partial charge in [0, 0.05) is 12.2 Å². The molecule has 5 nitrogen and oxygen atoms in total. The van der Waals surface area contributed by atoms with Crippen LogP contribution in [-0.4, -0.2) is 41.4 Å². The summed E-state index contributed by atoms with van der Waals surface area (Å²) in [5, 5.41) is 24.1. The van der Waals surface area contributed by atoms with Crippen molar-refractivity contribution < 1.29 is 37.9 Å². The average Bonchev–Trinajstić information content (AvgIpc) is 2.44. The molecule has 0 atom stereocenters. The number of rotatable bonds is 4. The average molecular weight is 318 g/mol. The summed E-state index contributed by atoms with van der Waals surface area (Å²) < 4.78 is 29.0. The first-order chi connectivity index (χ1) is 10.3. The molecule has 3 N–H and O–H groups in total. The fraction of sp³-hybridized carbons (Fsp3) is 0.0769. The molecule has 0 saturated carbocycles. The number of benzene rings is 1. The van der Waals surface area contributed by atoms with Gasteiger partial charge in [-0.25, -0.2) is 9.59 Å². The molecule has 9 heteroatoms. The standard InChI is InChI=1S/C9H10O.C4H4O4.BF3/c10-8-4-7-9-5-2-1-3-6-9;5-3(6)1-2-4(7)8;2-1(3)4/h1-7,10H,8H2;1-2H,(H,5,6)(H,7,8);/b;2-1-;. The van der Waals surface area contributed by atoms with E-state index in [1.165, 1.54) is 0 Å². The van der Waals surface area contributed by atoms with Gasteiger partial charge in [0.1, 0.15) is 0 Å². The molecule has 0 aliphatic heterocycles. The van der Waals surface area contributed by atoms with Crippen molar-refractivity contribution in [3.8, 4) is 0 Å². The zero-order chi connectivity index (χ0) is 17.4. The molecule has 120 valence electrons. The van der Waals surface area contributed by atoms with Crippen molar-refractivity contribution in [3.05, 3.63) is 54.1 Å². The van der Waals surface area contributed by atoms with E-state index in [-0.39, 0.29) is 6.61 Å².